The van der Waals surface area contributed by atoms with Crippen molar-refractivity contribution in [1.29, 1.82) is 0 Å². The number of phenols is 1. The molecule has 0 amide bonds. The Morgan fingerprint density at radius 3 is 2.86 bits per heavy atom. The van der Waals surface area contributed by atoms with Gasteiger partial charge in [-0.3, -0.25) is 0 Å². The first-order valence-corrected chi connectivity index (χ1v) is 8.20. The van der Waals surface area contributed by atoms with Gasteiger partial charge in [0.2, 0.25) is 0 Å². The summed E-state index contributed by atoms with van der Waals surface area (Å²) in [4.78, 5) is 4.48. The van der Waals surface area contributed by atoms with Gasteiger partial charge in [0.1, 0.15) is 11.4 Å². The second kappa shape index (κ2) is 5.11. The minimum Gasteiger partial charge on any atom is -0.507 e. The van der Waals surface area contributed by atoms with Crippen LogP contribution in [0.15, 0.2) is 24.5 Å². The van der Waals surface area contributed by atoms with Crippen LogP contribution in [0.3, 0.4) is 0 Å². The third kappa shape index (κ3) is 2.21. The second-order valence-electron chi connectivity index (χ2n) is 6.69. The third-order valence-corrected chi connectivity index (χ3v) is 5.18. The molecule has 0 bridgehead atoms. The van der Waals surface area contributed by atoms with Gasteiger partial charge in [0, 0.05) is 12.1 Å². The first-order chi connectivity index (χ1) is 10.7. The topological polar surface area (TPSA) is 38.1 Å². The number of rotatable bonds is 3. The van der Waals surface area contributed by atoms with Gasteiger partial charge in [-0.05, 0) is 37.3 Å². The van der Waals surface area contributed by atoms with Gasteiger partial charge in [-0.15, -0.1) is 0 Å². The van der Waals surface area contributed by atoms with E-state index in [1.54, 1.807) is 6.07 Å². The maximum atomic E-state index is 14.8. The van der Waals surface area contributed by atoms with Crippen molar-refractivity contribution in [3.05, 3.63) is 35.8 Å². The van der Waals surface area contributed by atoms with Crippen LogP contribution >= 0.6 is 0 Å². The maximum Gasteiger partial charge on any atom is 0.125 e. The number of nitrogens with zero attached hydrogens (tertiary/aromatic N) is 2. The summed E-state index contributed by atoms with van der Waals surface area (Å²) in [6, 6.07) is 5.61. The van der Waals surface area contributed by atoms with Crippen LogP contribution in [-0.4, -0.2) is 20.3 Å². The number of aromatic hydroxyl groups is 1. The van der Waals surface area contributed by atoms with Gasteiger partial charge in [-0.25, -0.2) is 9.37 Å². The lowest BCUT2D eigenvalue weighted by atomic mass is 9.82. The number of hydrogen-bond acceptors (Lipinski definition) is 2. The van der Waals surface area contributed by atoms with Crippen molar-refractivity contribution in [2.75, 3.05) is 0 Å². The van der Waals surface area contributed by atoms with Crippen molar-refractivity contribution >= 4 is 0 Å². The summed E-state index contributed by atoms with van der Waals surface area (Å²) >= 11 is 0. The molecule has 4 heteroatoms. The molecule has 1 aliphatic carbocycles. The molecule has 1 aromatic carbocycles. The molecule has 116 valence electrons. The predicted octanol–water partition coefficient (Wildman–Crippen LogP) is 4.22. The highest BCUT2D eigenvalue weighted by molar-refractivity contribution is 5.76. The fourth-order valence-corrected chi connectivity index (χ4v) is 3.97. The number of imidazole rings is 1. The summed E-state index contributed by atoms with van der Waals surface area (Å²) in [6.45, 7) is 0.743. The van der Waals surface area contributed by atoms with Crippen LogP contribution in [0.25, 0.3) is 11.3 Å². The van der Waals surface area contributed by atoms with Gasteiger partial charge in [0.05, 0.1) is 17.7 Å². The third-order valence-electron chi connectivity index (χ3n) is 5.18. The van der Waals surface area contributed by atoms with Crippen LogP contribution in [-0.2, 0) is 13.0 Å². The second-order valence-corrected chi connectivity index (χ2v) is 6.69. The molecule has 3 nitrogen and oxygen atoms in total. The van der Waals surface area contributed by atoms with Crippen LogP contribution in [0.4, 0.5) is 4.39 Å². The average molecular weight is 300 g/mol. The minimum absolute atomic E-state index is 0.297. The summed E-state index contributed by atoms with van der Waals surface area (Å²) < 4.78 is 16.9. The lowest BCUT2D eigenvalue weighted by Crippen LogP contribution is -2.26. The Hall–Kier alpha value is -1.84. The molecule has 0 atom stereocenters. The van der Waals surface area contributed by atoms with Crippen molar-refractivity contribution in [2.24, 2.45) is 0 Å². The molecule has 1 aromatic heterocycles. The Kier molecular flexibility index (Phi) is 3.21. The molecule has 2 aromatic rings. The summed E-state index contributed by atoms with van der Waals surface area (Å²) in [6.07, 6.45) is 7.54. The summed E-state index contributed by atoms with van der Waals surface area (Å²) in [5.41, 5.74) is 2.88. The number of benzene rings is 1. The quantitative estimate of drug-likeness (QED) is 0.786. The molecule has 22 heavy (non-hydrogen) atoms. The number of aromatic nitrogens is 2. The van der Waals surface area contributed by atoms with Gasteiger partial charge in [-0.2, -0.15) is 0 Å². The van der Waals surface area contributed by atoms with Crippen LogP contribution in [0.5, 0.6) is 5.75 Å². The zero-order valence-electron chi connectivity index (χ0n) is 12.7. The summed E-state index contributed by atoms with van der Waals surface area (Å²) in [5, 5.41) is 10.2. The van der Waals surface area contributed by atoms with Gasteiger partial charge < -0.3 is 9.67 Å². The van der Waals surface area contributed by atoms with Crippen LogP contribution in [0.1, 0.15) is 49.8 Å². The largest absolute Gasteiger partial charge is 0.507 e. The van der Waals surface area contributed by atoms with Crippen LogP contribution in [0, 0.1) is 0 Å². The van der Waals surface area contributed by atoms with E-state index in [0.29, 0.717) is 31.4 Å². The molecular weight excluding hydrogens is 279 g/mol. The molecule has 0 radical (unpaired) electrons. The van der Waals surface area contributed by atoms with Crippen molar-refractivity contribution in [3.63, 3.8) is 0 Å². The van der Waals surface area contributed by atoms with E-state index in [0.717, 1.165) is 48.3 Å². The zero-order chi connectivity index (χ0) is 15.2. The number of phenolic OH excluding ortho intramolecular Hbond substituents is 1. The van der Waals surface area contributed by atoms with E-state index in [2.05, 4.69) is 9.55 Å². The summed E-state index contributed by atoms with van der Waals surface area (Å²) in [7, 11) is 0. The molecule has 1 saturated carbocycles. The Morgan fingerprint density at radius 2 is 2.05 bits per heavy atom. The Morgan fingerprint density at radius 1 is 1.23 bits per heavy atom. The van der Waals surface area contributed by atoms with Crippen molar-refractivity contribution in [1.82, 2.24) is 9.55 Å². The fraction of sp³-hybridized carbons (Fsp3) is 0.500. The standard InChI is InChI=1S/C18H21FN2O/c19-18(8-2-1-3-9-18)10-7-14-17-16-13(5-4-6-15(16)22)11-21(17)12-20-14/h4-6,12,22H,1-3,7-11H2. The number of hydrogen-bond donors (Lipinski definition) is 1. The molecule has 0 unspecified atom stereocenters. The molecule has 1 aliphatic heterocycles. The normalized spacial score (nSPS) is 19.0. The van der Waals surface area contributed by atoms with Crippen molar-refractivity contribution in [2.45, 2.75) is 57.2 Å². The lowest BCUT2D eigenvalue weighted by Gasteiger charge is -2.29. The molecule has 0 saturated heterocycles. The smallest absolute Gasteiger partial charge is 0.125 e. The van der Waals surface area contributed by atoms with E-state index < -0.39 is 5.67 Å². The van der Waals surface area contributed by atoms with Crippen molar-refractivity contribution < 1.29 is 9.50 Å². The highest BCUT2D eigenvalue weighted by Crippen LogP contribution is 2.42. The van der Waals surface area contributed by atoms with Gasteiger partial charge >= 0.3 is 0 Å². The first kappa shape index (κ1) is 13.8. The van der Waals surface area contributed by atoms with Gasteiger partial charge in [0.25, 0.3) is 0 Å². The van der Waals surface area contributed by atoms with E-state index in [1.165, 1.54) is 0 Å². The highest BCUT2D eigenvalue weighted by Gasteiger charge is 2.33. The molecular formula is C18H21FN2O. The molecule has 1 N–H and O–H groups in total. The molecule has 4 rings (SSSR count). The van der Waals surface area contributed by atoms with E-state index >= 15 is 0 Å². The van der Waals surface area contributed by atoms with E-state index in [4.69, 9.17) is 0 Å². The maximum absolute atomic E-state index is 14.8. The fourth-order valence-electron chi connectivity index (χ4n) is 3.97. The number of aryl methyl sites for hydroxylation is 1. The Bertz CT molecular complexity index is 701. The van der Waals surface area contributed by atoms with E-state index in [1.807, 2.05) is 18.5 Å². The van der Waals surface area contributed by atoms with Crippen molar-refractivity contribution in [3.8, 4) is 17.0 Å². The van der Waals surface area contributed by atoms with Crippen LogP contribution in [0.2, 0.25) is 0 Å². The number of fused-ring (bicyclic) bond motifs is 3. The summed E-state index contributed by atoms with van der Waals surface area (Å²) in [5.74, 6) is 0.297. The molecule has 1 fully saturated rings. The Labute approximate surface area is 129 Å². The Balaban J connectivity index is 1.60. The minimum atomic E-state index is -1.02. The first-order valence-electron chi connectivity index (χ1n) is 8.20. The lowest BCUT2D eigenvalue weighted by molar-refractivity contribution is 0.0965. The van der Waals surface area contributed by atoms with Crippen LogP contribution < -0.4 is 0 Å². The average Bonchev–Trinajstić information content (AvgIpc) is 3.05. The van der Waals surface area contributed by atoms with E-state index in [9.17, 15) is 9.50 Å². The zero-order valence-corrected chi connectivity index (χ0v) is 12.7. The molecule has 0 spiro atoms. The number of alkyl halides is 1. The molecule has 2 aliphatic rings. The monoisotopic (exact) mass is 300 g/mol. The number of halogens is 1. The van der Waals surface area contributed by atoms with Gasteiger partial charge in [0.15, 0.2) is 0 Å². The van der Waals surface area contributed by atoms with E-state index in [-0.39, 0.29) is 0 Å². The highest BCUT2D eigenvalue weighted by atomic mass is 19.1. The van der Waals surface area contributed by atoms with Gasteiger partial charge in [-0.1, -0.05) is 31.4 Å². The molecule has 2 heterocycles. The predicted molar refractivity (Wildman–Crippen MR) is 83.7 cm³/mol. The SMILES string of the molecule is Oc1cccc2c1-c1c(CCC3(F)CCCCC3)ncn1C2.